The average molecular weight is 456 g/mol. The fourth-order valence-corrected chi connectivity index (χ4v) is 1.29. The first kappa shape index (κ1) is 29.4. The molecule has 0 fully saturated rings. The van der Waals surface area contributed by atoms with E-state index in [0.29, 0.717) is 0 Å². The third-order valence-electron chi connectivity index (χ3n) is 2.83. The highest BCUT2D eigenvalue weighted by atomic mass is 16.4. The predicted molar refractivity (Wildman–Crippen MR) is 109 cm³/mol. The number of carbonyl (C=O) groups is 6. The molecule has 2 rings (SSSR count). The zero-order valence-corrected chi connectivity index (χ0v) is 17.1. The number of nitrogens with one attached hydrogen (secondary N) is 4. The molecule has 10 N–H and O–H groups in total. The van der Waals surface area contributed by atoms with Crippen molar-refractivity contribution >= 4 is 47.5 Å². The van der Waals surface area contributed by atoms with Crippen molar-refractivity contribution in [1.29, 1.82) is 10.8 Å². The van der Waals surface area contributed by atoms with Crippen LogP contribution in [0.5, 0.6) is 0 Å². The van der Waals surface area contributed by atoms with Gasteiger partial charge >= 0.3 is 11.9 Å². The van der Waals surface area contributed by atoms with E-state index in [4.69, 9.17) is 32.5 Å². The molecule has 176 valence electrons. The summed E-state index contributed by atoms with van der Waals surface area (Å²) in [5.41, 5.74) is 9.86. The Balaban J connectivity index is 0. The molecular formula is C16H24N8O8. The Bertz CT molecular complexity index is 736. The molecule has 2 aliphatic rings. The molecule has 0 saturated carbocycles. The Labute approximate surface area is 181 Å². The van der Waals surface area contributed by atoms with Gasteiger partial charge in [-0.3, -0.25) is 50.2 Å². The van der Waals surface area contributed by atoms with Crippen LogP contribution < -0.4 is 22.1 Å². The molecule has 0 aliphatic carbocycles. The standard InChI is InChI=1S/2C4H9N3O2.2C4H3NO2/c2*1-7(4(5)6)2-3(8)9;2*6-3-1-2-4(7)5-3/h2*2H2,1H3,(H3,5,6)(H,8,9);2*1-2H,(H,5,6,7). The van der Waals surface area contributed by atoms with Crippen LogP contribution in [0.4, 0.5) is 0 Å². The molecule has 16 nitrogen and oxygen atoms in total. The van der Waals surface area contributed by atoms with E-state index in [-0.39, 0.29) is 48.6 Å². The number of likely N-dealkylation sites (N-methyl/N-ethyl adjacent to an activating group) is 2. The van der Waals surface area contributed by atoms with Crippen molar-refractivity contribution in [2.45, 2.75) is 0 Å². The van der Waals surface area contributed by atoms with Crippen LogP contribution in [-0.4, -0.2) is 94.7 Å². The van der Waals surface area contributed by atoms with Crippen molar-refractivity contribution in [3.8, 4) is 0 Å². The minimum Gasteiger partial charge on any atom is -0.480 e. The van der Waals surface area contributed by atoms with E-state index in [0.717, 1.165) is 9.80 Å². The summed E-state index contributed by atoms with van der Waals surface area (Å²) in [4.78, 5) is 62.2. The molecule has 0 aromatic carbocycles. The van der Waals surface area contributed by atoms with Gasteiger partial charge in [0.1, 0.15) is 13.1 Å². The van der Waals surface area contributed by atoms with Crippen LogP contribution in [-0.2, 0) is 28.8 Å². The topological polar surface area (TPSA) is 273 Å². The number of guanidine groups is 2. The number of carboxylic acid groups (broad SMARTS) is 2. The molecule has 0 bridgehead atoms. The highest BCUT2D eigenvalue weighted by molar-refractivity contribution is 6.13. The van der Waals surface area contributed by atoms with Crippen molar-refractivity contribution in [3.63, 3.8) is 0 Å². The molecular weight excluding hydrogens is 432 g/mol. The Morgan fingerprint density at radius 2 is 0.969 bits per heavy atom. The van der Waals surface area contributed by atoms with Gasteiger partial charge in [0.15, 0.2) is 11.9 Å². The Kier molecular flexibility index (Phi) is 13.9. The van der Waals surface area contributed by atoms with E-state index in [1.807, 2.05) is 10.6 Å². The Hall–Kier alpha value is -4.76. The number of nitrogens with zero attached hydrogens (tertiary/aromatic N) is 2. The number of rotatable bonds is 4. The lowest BCUT2D eigenvalue weighted by molar-refractivity contribution is -0.138. The number of imide groups is 2. The van der Waals surface area contributed by atoms with Gasteiger partial charge in [-0.2, -0.15) is 0 Å². The lowest BCUT2D eigenvalue weighted by Crippen LogP contribution is -2.36. The zero-order valence-electron chi connectivity index (χ0n) is 17.1. The van der Waals surface area contributed by atoms with Gasteiger partial charge in [0.2, 0.25) is 0 Å². The van der Waals surface area contributed by atoms with Gasteiger partial charge in [-0.15, -0.1) is 0 Å². The molecule has 0 unspecified atom stereocenters. The van der Waals surface area contributed by atoms with Crippen LogP contribution in [0.2, 0.25) is 0 Å². The van der Waals surface area contributed by atoms with Crippen LogP contribution in [0, 0.1) is 10.8 Å². The predicted octanol–water partition coefficient (Wildman–Crippen LogP) is -3.81. The van der Waals surface area contributed by atoms with Crippen molar-refractivity contribution in [3.05, 3.63) is 24.3 Å². The van der Waals surface area contributed by atoms with Crippen molar-refractivity contribution in [2.75, 3.05) is 27.2 Å². The van der Waals surface area contributed by atoms with Crippen molar-refractivity contribution < 1.29 is 39.0 Å². The summed E-state index contributed by atoms with van der Waals surface area (Å²) in [5.74, 6) is -3.78. The minimum atomic E-state index is -0.993. The molecule has 0 atom stereocenters. The van der Waals surface area contributed by atoms with E-state index in [9.17, 15) is 28.8 Å². The number of amides is 4. The lowest BCUT2D eigenvalue weighted by atomic mass is 10.6. The molecule has 32 heavy (non-hydrogen) atoms. The van der Waals surface area contributed by atoms with Crippen molar-refractivity contribution in [2.24, 2.45) is 11.5 Å². The molecule has 0 saturated heterocycles. The van der Waals surface area contributed by atoms with Crippen LogP contribution >= 0.6 is 0 Å². The maximum Gasteiger partial charge on any atom is 0.323 e. The van der Waals surface area contributed by atoms with Crippen LogP contribution in [0.15, 0.2) is 24.3 Å². The third-order valence-corrected chi connectivity index (χ3v) is 2.83. The third kappa shape index (κ3) is 17.3. The second-order valence-corrected chi connectivity index (χ2v) is 5.64. The fourth-order valence-electron chi connectivity index (χ4n) is 1.29. The van der Waals surface area contributed by atoms with Gasteiger partial charge in [0.25, 0.3) is 23.6 Å². The Morgan fingerprint density at radius 1 is 0.750 bits per heavy atom. The van der Waals surface area contributed by atoms with Gasteiger partial charge in [0.05, 0.1) is 0 Å². The Morgan fingerprint density at radius 3 is 1.03 bits per heavy atom. The van der Waals surface area contributed by atoms with Crippen LogP contribution in [0.3, 0.4) is 0 Å². The van der Waals surface area contributed by atoms with Gasteiger partial charge in [0, 0.05) is 38.4 Å². The molecule has 2 aliphatic heterocycles. The maximum atomic E-state index is 10.0. The fraction of sp³-hybridized carbons (Fsp3) is 0.250. The van der Waals surface area contributed by atoms with Crippen molar-refractivity contribution in [1.82, 2.24) is 20.4 Å². The number of carboxylic acids is 2. The van der Waals surface area contributed by atoms with Gasteiger partial charge in [-0.1, -0.05) is 0 Å². The highest BCUT2D eigenvalue weighted by Gasteiger charge is 2.07. The summed E-state index contributed by atoms with van der Waals surface area (Å²) in [7, 11) is 2.88. The summed E-state index contributed by atoms with van der Waals surface area (Å²) in [6, 6.07) is 0. The van der Waals surface area contributed by atoms with Crippen LogP contribution in [0.1, 0.15) is 0 Å². The number of hydrogen-bond donors (Lipinski definition) is 8. The minimum absolute atomic E-state index is 0.227. The number of nitrogens with two attached hydrogens (primary N) is 2. The van der Waals surface area contributed by atoms with E-state index in [1.54, 1.807) is 0 Å². The van der Waals surface area contributed by atoms with Gasteiger partial charge in [-0.25, -0.2) is 0 Å². The van der Waals surface area contributed by atoms with Gasteiger partial charge in [-0.05, 0) is 0 Å². The van der Waals surface area contributed by atoms with E-state index in [2.05, 4.69) is 0 Å². The number of hydrogen-bond acceptors (Lipinski definition) is 8. The van der Waals surface area contributed by atoms with Crippen LogP contribution in [0.25, 0.3) is 0 Å². The zero-order chi connectivity index (χ0) is 25.4. The normalized spacial score (nSPS) is 12.6. The molecule has 16 heteroatoms. The van der Waals surface area contributed by atoms with E-state index < -0.39 is 11.9 Å². The summed E-state index contributed by atoms with van der Waals surface area (Å²) >= 11 is 0. The second kappa shape index (κ2) is 15.1. The van der Waals surface area contributed by atoms with Gasteiger partial charge < -0.3 is 31.5 Å². The number of aliphatic carboxylic acids is 2. The largest absolute Gasteiger partial charge is 0.480 e. The van der Waals surface area contributed by atoms with E-state index in [1.165, 1.54) is 38.4 Å². The first-order valence-electron chi connectivity index (χ1n) is 8.25. The summed E-state index contributed by atoms with van der Waals surface area (Å²) in [6.45, 7) is -0.454. The monoisotopic (exact) mass is 456 g/mol. The second-order valence-electron chi connectivity index (χ2n) is 5.64. The molecule has 2 heterocycles. The molecule has 0 aromatic heterocycles. The molecule has 0 aromatic rings. The first-order valence-corrected chi connectivity index (χ1v) is 8.25. The molecule has 0 spiro atoms. The quantitative estimate of drug-likeness (QED) is 0.115. The SMILES string of the molecule is CN(CC(=O)O)C(=N)N.CN(CC(=O)O)C(=N)N.O=C1C=CC(=O)N1.O=C1C=CC(=O)N1. The summed E-state index contributed by atoms with van der Waals surface area (Å²) in [6.07, 6.45) is 4.79. The summed E-state index contributed by atoms with van der Waals surface area (Å²) < 4.78 is 0. The molecule has 4 amide bonds. The smallest absolute Gasteiger partial charge is 0.323 e. The summed E-state index contributed by atoms with van der Waals surface area (Å²) in [5, 5.41) is 33.8. The maximum absolute atomic E-state index is 10.0. The number of carbonyl (C=O) groups excluding carboxylic acids is 4. The van der Waals surface area contributed by atoms with E-state index >= 15 is 0 Å². The first-order chi connectivity index (χ1) is 14.6. The highest BCUT2D eigenvalue weighted by Crippen LogP contribution is 1.83. The lowest BCUT2D eigenvalue weighted by Gasteiger charge is -2.12. The molecule has 0 radical (unpaired) electrons. The average Bonchev–Trinajstić information content (AvgIpc) is 3.21.